The van der Waals surface area contributed by atoms with Gasteiger partial charge in [-0.3, -0.25) is 0 Å². The highest BCUT2D eigenvalue weighted by atomic mass is 19.3. The summed E-state index contributed by atoms with van der Waals surface area (Å²) in [4.78, 5) is 4.71. The average Bonchev–Trinajstić information content (AvgIpc) is 2.25. The lowest BCUT2D eigenvalue weighted by Gasteiger charge is -2.04. The van der Waals surface area contributed by atoms with Crippen LogP contribution >= 0.6 is 0 Å². The molecule has 0 bridgehead atoms. The molecule has 4 heteroatoms. The Kier molecular flexibility index (Phi) is 5.21. The third kappa shape index (κ3) is 4.85. The maximum Gasteiger partial charge on any atom is 0.239 e. The standard InChI is InChI=1S/C11H15F2NO/c1-15-14-8-10-4-2-9(3-5-10)6-7-11(12)13/h2-5,11,14H,6-8H2,1H3. The van der Waals surface area contributed by atoms with Gasteiger partial charge in [0.1, 0.15) is 0 Å². The van der Waals surface area contributed by atoms with Crippen LogP contribution in [0.2, 0.25) is 0 Å². The summed E-state index contributed by atoms with van der Waals surface area (Å²) >= 11 is 0. The average molecular weight is 215 g/mol. The number of benzene rings is 1. The summed E-state index contributed by atoms with van der Waals surface area (Å²) in [5.74, 6) is 0. The summed E-state index contributed by atoms with van der Waals surface area (Å²) in [6.45, 7) is 0.617. The normalized spacial score (nSPS) is 10.9. The Morgan fingerprint density at radius 1 is 1.20 bits per heavy atom. The van der Waals surface area contributed by atoms with Crippen molar-refractivity contribution in [3.05, 3.63) is 35.4 Å². The fourth-order valence-corrected chi connectivity index (χ4v) is 1.26. The number of nitrogens with one attached hydrogen (secondary N) is 1. The van der Waals surface area contributed by atoms with Crippen molar-refractivity contribution in [1.29, 1.82) is 0 Å². The summed E-state index contributed by atoms with van der Waals surface area (Å²) in [6, 6.07) is 7.56. The maximum absolute atomic E-state index is 11.9. The highest BCUT2D eigenvalue weighted by Crippen LogP contribution is 2.10. The second-order valence-electron chi connectivity index (χ2n) is 3.27. The summed E-state index contributed by atoms with van der Waals surface area (Å²) in [5.41, 5.74) is 4.72. The van der Waals surface area contributed by atoms with E-state index >= 15 is 0 Å². The number of hydrogen-bond donors (Lipinski definition) is 1. The Morgan fingerprint density at radius 2 is 1.80 bits per heavy atom. The van der Waals surface area contributed by atoms with Gasteiger partial charge < -0.3 is 4.84 Å². The molecule has 84 valence electrons. The van der Waals surface area contributed by atoms with Crippen LogP contribution < -0.4 is 5.48 Å². The van der Waals surface area contributed by atoms with E-state index in [1.54, 1.807) is 7.11 Å². The van der Waals surface area contributed by atoms with Crippen LogP contribution in [0.25, 0.3) is 0 Å². The molecule has 0 fully saturated rings. The first-order valence-corrected chi connectivity index (χ1v) is 4.84. The lowest BCUT2D eigenvalue weighted by Crippen LogP contribution is -2.10. The predicted molar refractivity (Wildman–Crippen MR) is 54.6 cm³/mol. The number of hydroxylamine groups is 1. The number of hydrogen-bond acceptors (Lipinski definition) is 2. The lowest BCUT2D eigenvalue weighted by molar-refractivity contribution is 0.0867. The fraction of sp³-hybridized carbons (Fsp3) is 0.455. The van der Waals surface area contributed by atoms with E-state index in [1.165, 1.54) is 0 Å². The lowest BCUT2D eigenvalue weighted by atomic mass is 10.1. The van der Waals surface area contributed by atoms with Gasteiger partial charge in [0.2, 0.25) is 6.43 Å². The number of alkyl halides is 2. The van der Waals surface area contributed by atoms with Crippen molar-refractivity contribution in [3.8, 4) is 0 Å². The van der Waals surface area contributed by atoms with Crippen molar-refractivity contribution in [3.63, 3.8) is 0 Å². The van der Waals surface area contributed by atoms with Crippen LogP contribution in [0.3, 0.4) is 0 Å². The molecular formula is C11H15F2NO. The molecule has 2 nitrogen and oxygen atoms in total. The van der Waals surface area contributed by atoms with E-state index in [0.29, 0.717) is 13.0 Å². The molecule has 15 heavy (non-hydrogen) atoms. The fourth-order valence-electron chi connectivity index (χ4n) is 1.26. The molecular weight excluding hydrogens is 200 g/mol. The molecule has 0 aliphatic carbocycles. The van der Waals surface area contributed by atoms with Crippen molar-refractivity contribution >= 4 is 0 Å². The zero-order valence-electron chi connectivity index (χ0n) is 8.67. The molecule has 0 unspecified atom stereocenters. The van der Waals surface area contributed by atoms with Crippen LogP contribution in [0, 0.1) is 0 Å². The Labute approximate surface area is 88.2 Å². The number of halogens is 2. The minimum Gasteiger partial charge on any atom is -0.305 e. The van der Waals surface area contributed by atoms with E-state index in [2.05, 4.69) is 5.48 Å². The van der Waals surface area contributed by atoms with Gasteiger partial charge in [-0.15, -0.1) is 0 Å². The van der Waals surface area contributed by atoms with Gasteiger partial charge in [0.05, 0.1) is 7.11 Å². The van der Waals surface area contributed by atoms with Crippen LogP contribution in [-0.2, 0) is 17.8 Å². The van der Waals surface area contributed by atoms with E-state index in [0.717, 1.165) is 11.1 Å². The molecule has 0 saturated heterocycles. The SMILES string of the molecule is CONCc1ccc(CCC(F)F)cc1. The Morgan fingerprint density at radius 3 is 2.33 bits per heavy atom. The third-order valence-corrected chi connectivity index (χ3v) is 2.09. The van der Waals surface area contributed by atoms with E-state index < -0.39 is 6.43 Å². The van der Waals surface area contributed by atoms with E-state index in [1.807, 2.05) is 24.3 Å². The van der Waals surface area contributed by atoms with E-state index in [9.17, 15) is 8.78 Å². The van der Waals surface area contributed by atoms with Gasteiger partial charge in [-0.05, 0) is 17.5 Å². The molecule has 0 heterocycles. The molecule has 1 N–H and O–H groups in total. The summed E-state index contributed by atoms with van der Waals surface area (Å²) in [6.07, 6.45) is -1.87. The maximum atomic E-state index is 11.9. The summed E-state index contributed by atoms with van der Waals surface area (Å²) in [7, 11) is 1.55. The highest BCUT2D eigenvalue weighted by molar-refractivity contribution is 5.22. The Hall–Kier alpha value is -1.00. The topological polar surface area (TPSA) is 21.3 Å². The van der Waals surface area contributed by atoms with Crippen LogP contribution in [0.4, 0.5) is 8.78 Å². The summed E-state index contributed by atoms with van der Waals surface area (Å²) < 4.78 is 23.9. The minimum atomic E-state index is -2.22. The van der Waals surface area contributed by atoms with Gasteiger partial charge in [-0.25, -0.2) is 8.78 Å². The van der Waals surface area contributed by atoms with Crippen molar-refractivity contribution < 1.29 is 13.6 Å². The third-order valence-electron chi connectivity index (χ3n) is 2.09. The van der Waals surface area contributed by atoms with E-state index in [4.69, 9.17) is 4.84 Å². The Bertz CT molecular complexity index is 274. The summed E-state index contributed by atoms with van der Waals surface area (Å²) in [5, 5.41) is 0. The molecule has 1 aromatic carbocycles. The van der Waals surface area contributed by atoms with Crippen molar-refractivity contribution in [2.24, 2.45) is 0 Å². The predicted octanol–water partition coefficient (Wildman–Crippen LogP) is 2.54. The van der Waals surface area contributed by atoms with Crippen molar-refractivity contribution in [2.75, 3.05) is 7.11 Å². The molecule has 0 spiro atoms. The number of aryl methyl sites for hydroxylation is 1. The highest BCUT2D eigenvalue weighted by Gasteiger charge is 2.02. The van der Waals surface area contributed by atoms with Crippen molar-refractivity contribution in [1.82, 2.24) is 5.48 Å². The Balaban J connectivity index is 2.41. The van der Waals surface area contributed by atoms with Gasteiger partial charge in [0.25, 0.3) is 0 Å². The van der Waals surface area contributed by atoms with Gasteiger partial charge >= 0.3 is 0 Å². The molecule has 0 aromatic heterocycles. The molecule has 0 aliphatic heterocycles. The van der Waals surface area contributed by atoms with Gasteiger partial charge in [-0.2, -0.15) is 5.48 Å². The molecule has 0 radical (unpaired) electrons. The van der Waals surface area contributed by atoms with Gasteiger partial charge in [0, 0.05) is 13.0 Å². The second-order valence-corrected chi connectivity index (χ2v) is 3.27. The smallest absolute Gasteiger partial charge is 0.239 e. The molecule has 0 aliphatic rings. The zero-order chi connectivity index (χ0) is 11.1. The zero-order valence-corrected chi connectivity index (χ0v) is 8.67. The largest absolute Gasteiger partial charge is 0.305 e. The van der Waals surface area contributed by atoms with E-state index in [-0.39, 0.29) is 6.42 Å². The molecule has 1 rings (SSSR count). The minimum absolute atomic E-state index is 0.0737. The van der Waals surface area contributed by atoms with Crippen molar-refractivity contribution in [2.45, 2.75) is 25.8 Å². The first-order valence-electron chi connectivity index (χ1n) is 4.84. The van der Waals surface area contributed by atoms with Crippen LogP contribution in [0.15, 0.2) is 24.3 Å². The molecule has 1 aromatic rings. The quantitative estimate of drug-likeness (QED) is 0.736. The van der Waals surface area contributed by atoms with Crippen LogP contribution in [-0.4, -0.2) is 13.5 Å². The molecule has 0 saturated carbocycles. The molecule has 0 atom stereocenters. The van der Waals surface area contributed by atoms with Gasteiger partial charge in [0.15, 0.2) is 0 Å². The van der Waals surface area contributed by atoms with Crippen LogP contribution in [0.1, 0.15) is 17.5 Å². The van der Waals surface area contributed by atoms with Crippen LogP contribution in [0.5, 0.6) is 0 Å². The van der Waals surface area contributed by atoms with Gasteiger partial charge in [-0.1, -0.05) is 24.3 Å². The molecule has 0 amide bonds. The second kappa shape index (κ2) is 6.48. The first kappa shape index (κ1) is 12.1. The number of rotatable bonds is 6. The first-order chi connectivity index (χ1) is 7.22. The monoisotopic (exact) mass is 215 g/mol.